The van der Waals surface area contributed by atoms with Gasteiger partial charge in [0.15, 0.2) is 11.5 Å². The van der Waals surface area contributed by atoms with Crippen molar-refractivity contribution in [3.05, 3.63) is 24.3 Å². The summed E-state index contributed by atoms with van der Waals surface area (Å²) in [5.74, 6) is 0.580. The number of phenolic OH excluding ortho intramolecular Hbond substituents is 1. The second-order valence-corrected chi connectivity index (χ2v) is 3.41. The van der Waals surface area contributed by atoms with Crippen LogP contribution in [0.15, 0.2) is 24.3 Å². The summed E-state index contributed by atoms with van der Waals surface area (Å²) in [7, 11) is 0. The van der Waals surface area contributed by atoms with Gasteiger partial charge in [-0.15, -0.1) is 0 Å². The lowest BCUT2D eigenvalue weighted by atomic mass is 10.3. The molecule has 0 bridgehead atoms. The summed E-state index contributed by atoms with van der Waals surface area (Å²) in [6.45, 7) is 0.0152. The molecule has 1 fully saturated rings. The van der Waals surface area contributed by atoms with Crippen molar-refractivity contribution in [3.8, 4) is 11.5 Å². The molecular formula is C10H12O3. The summed E-state index contributed by atoms with van der Waals surface area (Å²) < 4.78 is 5.49. The lowest BCUT2D eigenvalue weighted by Gasteiger charge is -2.15. The van der Waals surface area contributed by atoms with Gasteiger partial charge in [0.25, 0.3) is 0 Å². The molecule has 0 saturated heterocycles. The number of hydrogen-bond acceptors (Lipinski definition) is 3. The first-order valence-electron chi connectivity index (χ1n) is 4.34. The van der Waals surface area contributed by atoms with Crippen LogP contribution in [0.5, 0.6) is 11.5 Å². The summed E-state index contributed by atoms with van der Waals surface area (Å²) in [4.78, 5) is 0. The molecule has 2 N–H and O–H groups in total. The van der Waals surface area contributed by atoms with E-state index >= 15 is 0 Å². The highest BCUT2D eigenvalue weighted by Crippen LogP contribution is 2.41. The molecule has 0 amide bonds. The minimum Gasteiger partial charge on any atom is -0.504 e. The van der Waals surface area contributed by atoms with E-state index in [-0.39, 0.29) is 12.4 Å². The van der Waals surface area contributed by atoms with E-state index < -0.39 is 5.60 Å². The molecule has 0 aromatic heterocycles. The number of ether oxygens (including phenoxy) is 1. The molecule has 0 atom stereocenters. The first-order valence-corrected chi connectivity index (χ1v) is 4.34. The first-order chi connectivity index (χ1) is 6.26. The zero-order valence-corrected chi connectivity index (χ0v) is 7.23. The molecule has 13 heavy (non-hydrogen) atoms. The summed E-state index contributed by atoms with van der Waals surface area (Å²) in [6, 6.07) is 6.80. The maximum absolute atomic E-state index is 9.39. The van der Waals surface area contributed by atoms with Crippen LogP contribution in [0.2, 0.25) is 0 Å². The quantitative estimate of drug-likeness (QED) is 0.737. The third-order valence-corrected chi connectivity index (χ3v) is 2.29. The largest absolute Gasteiger partial charge is 0.504 e. The zero-order chi connectivity index (χ0) is 9.31. The Morgan fingerprint density at radius 2 is 2.00 bits per heavy atom. The second-order valence-electron chi connectivity index (χ2n) is 3.41. The summed E-state index contributed by atoms with van der Waals surface area (Å²) in [5, 5.41) is 18.4. The van der Waals surface area contributed by atoms with Crippen molar-refractivity contribution >= 4 is 0 Å². The lowest BCUT2D eigenvalue weighted by molar-refractivity contribution is 0.0925. The summed E-state index contributed by atoms with van der Waals surface area (Å²) in [6.07, 6.45) is 1.72. The van der Waals surface area contributed by atoms with E-state index in [1.807, 2.05) is 0 Å². The Hall–Kier alpha value is -1.22. The van der Waals surface area contributed by atoms with Crippen molar-refractivity contribution < 1.29 is 14.9 Å². The van der Waals surface area contributed by atoms with E-state index in [0.29, 0.717) is 5.75 Å². The third-order valence-electron chi connectivity index (χ3n) is 2.29. The molecule has 0 spiro atoms. The highest BCUT2D eigenvalue weighted by atomic mass is 16.5. The Bertz CT molecular complexity index is 305. The van der Waals surface area contributed by atoms with Gasteiger partial charge in [0.2, 0.25) is 0 Å². The van der Waals surface area contributed by atoms with Crippen LogP contribution in [0.4, 0.5) is 0 Å². The van der Waals surface area contributed by atoms with Crippen LogP contribution >= 0.6 is 0 Å². The minimum absolute atomic E-state index is 0.0152. The first kappa shape index (κ1) is 8.38. The fourth-order valence-electron chi connectivity index (χ4n) is 1.21. The van der Waals surface area contributed by atoms with Crippen LogP contribution in [0, 0.1) is 0 Å². The van der Waals surface area contributed by atoms with Crippen molar-refractivity contribution in [1.29, 1.82) is 0 Å². The van der Waals surface area contributed by atoms with Crippen molar-refractivity contribution in [1.82, 2.24) is 0 Å². The van der Waals surface area contributed by atoms with Gasteiger partial charge in [-0.1, -0.05) is 12.1 Å². The molecule has 70 valence electrons. The van der Waals surface area contributed by atoms with E-state index in [4.69, 9.17) is 9.84 Å². The van der Waals surface area contributed by atoms with Crippen molar-refractivity contribution in [2.45, 2.75) is 18.4 Å². The van der Waals surface area contributed by atoms with Crippen molar-refractivity contribution in [2.24, 2.45) is 0 Å². The Morgan fingerprint density at radius 3 is 2.54 bits per heavy atom. The minimum atomic E-state index is -0.418. The van der Waals surface area contributed by atoms with E-state index in [9.17, 15) is 5.11 Å². The number of rotatable bonds is 3. The van der Waals surface area contributed by atoms with Crippen LogP contribution < -0.4 is 4.74 Å². The SMILES string of the molecule is OCC1(Oc2ccccc2O)CC1. The number of benzene rings is 1. The summed E-state index contributed by atoms with van der Waals surface area (Å²) >= 11 is 0. The molecule has 0 radical (unpaired) electrons. The van der Waals surface area contributed by atoms with Gasteiger partial charge in [0.1, 0.15) is 5.60 Å². The summed E-state index contributed by atoms with van der Waals surface area (Å²) in [5.41, 5.74) is -0.418. The number of hydrogen-bond donors (Lipinski definition) is 2. The zero-order valence-electron chi connectivity index (χ0n) is 7.23. The maximum atomic E-state index is 9.39. The maximum Gasteiger partial charge on any atom is 0.161 e. The van der Waals surface area contributed by atoms with Gasteiger partial charge in [0, 0.05) is 0 Å². The molecule has 1 aliphatic carbocycles. The average molecular weight is 180 g/mol. The molecule has 0 aliphatic heterocycles. The molecular weight excluding hydrogens is 168 g/mol. The second kappa shape index (κ2) is 2.92. The number of para-hydroxylation sites is 2. The van der Waals surface area contributed by atoms with Gasteiger partial charge in [-0.2, -0.15) is 0 Å². The van der Waals surface area contributed by atoms with Gasteiger partial charge >= 0.3 is 0 Å². The Kier molecular flexibility index (Phi) is 1.88. The molecule has 1 saturated carbocycles. The van der Waals surface area contributed by atoms with Gasteiger partial charge < -0.3 is 14.9 Å². The predicted molar refractivity (Wildman–Crippen MR) is 47.8 cm³/mol. The van der Waals surface area contributed by atoms with Crippen LogP contribution in [-0.2, 0) is 0 Å². The fraction of sp³-hybridized carbons (Fsp3) is 0.400. The Morgan fingerprint density at radius 1 is 1.31 bits per heavy atom. The standard InChI is InChI=1S/C10H12O3/c11-7-10(5-6-10)13-9-4-2-1-3-8(9)12/h1-4,11-12H,5-7H2. The number of aromatic hydroxyl groups is 1. The highest BCUT2D eigenvalue weighted by Gasteiger charge is 2.45. The lowest BCUT2D eigenvalue weighted by Crippen LogP contribution is -2.22. The molecule has 3 heteroatoms. The Balaban J connectivity index is 2.14. The van der Waals surface area contributed by atoms with Crippen molar-refractivity contribution in [2.75, 3.05) is 6.61 Å². The number of aliphatic hydroxyl groups is 1. The molecule has 0 unspecified atom stereocenters. The van der Waals surface area contributed by atoms with Crippen LogP contribution in [0.1, 0.15) is 12.8 Å². The predicted octanol–water partition coefficient (Wildman–Crippen LogP) is 1.30. The normalized spacial score (nSPS) is 18.2. The third kappa shape index (κ3) is 1.60. The average Bonchev–Trinajstić information content (AvgIpc) is 2.90. The molecule has 1 aliphatic rings. The van der Waals surface area contributed by atoms with Gasteiger partial charge in [-0.3, -0.25) is 0 Å². The van der Waals surface area contributed by atoms with Gasteiger partial charge in [0.05, 0.1) is 6.61 Å². The molecule has 2 rings (SSSR count). The Labute approximate surface area is 76.6 Å². The van der Waals surface area contributed by atoms with E-state index in [1.54, 1.807) is 24.3 Å². The van der Waals surface area contributed by atoms with Crippen molar-refractivity contribution in [3.63, 3.8) is 0 Å². The van der Waals surface area contributed by atoms with E-state index in [1.165, 1.54) is 0 Å². The number of aliphatic hydroxyl groups excluding tert-OH is 1. The number of phenols is 1. The smallest absolute Gasteiger partial charge is 0.161 e. The molecule has 1 aromatic rings. The monoisotopic (exact) mass is 180 g/mol. The van der Waals surface area contributed by atoms with Gasteiger partial charge in [-0.25, -0.2) is 0 Å². The van der Waals surface area contributed by atoms with Crippen LogP contribution in [0.3, 0.4) is 0 Å². The molecule has 0 heterocycles. The highest BCUT2D eigenvalue weighted by molar-refractivity contribution is 5.38. The van der Waals surface area contributed by atoms with E-state index in [2.05, 4.69) is 0 Å². The fourth-order valence-corrected chi connectivity index (χ4v) is 1.21. The van der Waals surface area contributed by atoms with E-state index in [0.717, 1.165) is 12.8 Å². The van der Waals surface area contributed by atoms with Gasteiger partial charge in [-0.05, 0) is 25.0 Å². The molecule has 1 aromatic carbocycles. The van der Waals surface area contributed by atoms with Crippen LogP contribution in [-0.4, -0.2) is 22.4 Å². The molecule has 3 nitrogen and oxygen atoms in total. The topological polar surface area (TPSA) is 49.7 Å². The van der Waals surface area contributed by atoms with Crippen LogP contribution in [0.25, 0.3) is 0 Å².